The molecule has 2 aromatic carbocycles. The van der Waals surface area contributed by atoms with E-state index in [0.717, 1.165) is 29.8 Å². The molecule has 7 nitrogen and oxygen atoms in total. The van der Waals surface area contributed by atoms with E-state index in [2.05, 4.69) is 12.2 Å². The van der Waals surface area contributed by atoms with Gasteiger partial charge in [0.1, 0.15) is 0 Å². The zero-order valence-electron chi connectivity index (χ0n) is 22.0. The largest absolute Gasteiger partial charge is 0.394 e. The van der Waals surface area contributed by atoms with Gasteiger partial charge in [0.25, 0.3) is 0 Å². The monoisotopic (exact) mass is 518 g/mol. The summed E-state index contributed by atoms with van der Waals surface area (Å²) >= 11 is 0. The van der Waals surface area contributed by atoms with E-state index in [1.807, 2.05) is 62.3 Å². The highest BCUT2D eigenvalue weighted by Gasteiger charge is 2.49. The van der Waals surface area contributed by atoms with Gasteiger partial charge in [-0.15, -0.1) is 0 Å². The quantitative estimate of drug-likeness (QED) is 0.365. The van der Waals surface area contributed by atoms with Crippen LogP contribution in [-0.4, -0.2) is 70.9 Å². The van der Waals surface area contributed by atoms with Gasteiger partial charge in [-0.05, 0) is 54.3 Å². The van der Waals surface area contributed by atoms with Crippen LogP contribution >= 0.6 is 0 Å². The lowest BCUT2D eigenvalue weighted by Gasteiger charge is -2.39. The van der Waals surface area contributed by atoms with Crippen molar-refractivity contribution in [2.75, 3.05) is 56.4 Å². The standard InChI is InChI=1S/C28H42N2O5S/c1-5-7-13-28(6-2)20-36(33,34)25-12-11-23(30(3)4)19-24(25)26(27(28)32)21-9-8-10-22(18-21)29-14-16-35-17-15-31/h8-12,18-19,26-27,29,31-32H,5-7,13-17,20H2,1-4H3. The zero-order chi connectivity index (χ0) is 26.3. The zero-order valence-corrected chi connectivity index (χ0v) is 22.9. The van der Waals surface area contributed by atoms with Gasteiger partial charge in [-0.25, -0.2) is 8.42 Å². The summed E-state index contributed by atoms with van der Waals surface area (Å²) < 4.78 is 32.9. The van der Waals surface area contributed by atoms with Crippen LogP contribution in [0.3, 0.4) is 0 Å². The predicted molar refractivity (Wildman–Crippen MR) is 146 cm³/mol. The molecule has 1 aliphatic heterocycles. The van der Waals surface area contributed by atoms with Crippen LogP contribution in [0.25, 0.3) is 0 Å². The van der Waals surface area contributed by atoms with Gasteiger partial charge in [0.05, 0.1) is 36.6 Å². The number of nitrogens with one attached hydrogen (secondary N) is 1. The fourth-order valence-corrected chi connectivity index (χ4v) is 7.53. The number of nitrogens with zero attached hydrogens (tertiary/aromatic N) is 1. The molecular formula is C28H42N2O5S. The molecule has 3 atom stereocenters. The maximum Gasteiger partial charge on any atom is 0.179 e. The van der Waals surface area contributed by atoms with Crippen molar-refractivity contribution in [1.82, 2.24) is 0 Å². The van der Waals surface area contributed by atoms with Gasteiger partial charge >= 0.3 is 0 Å². The summed E-state index contributed by atoms with van der Waals surface area (Å²) in [6, 6.07) is 13.4. The summed E-state index contributed by atoms with van der Waals surface area (Å²) in [5, 5.41) is 24.3. The molecule has 0 spiro atoms. The first kappa shape index (κ1) is 28.4. The smallest absolute Gasteiger partial charge is 0.179 e. The first-order valence-corrected chi connectivity index (χ1v) is 14.6. The van der Waals surface area contributed by atoms with E-state index >= 15 is 0 Å². The topological polar surface area (TPSA) is 99.1 Å². The molecule has 2 aromatic rings. The average Bonchev–Trinajstić information content (AvgIpc) is 2.93. The maximum atomic E-state index is 13.8. The average molecular weight is 519 g/mol. The van der Waals surface area contributed by atoms with Crippen molar-refractivity contribution in [3.8, 4) is 0 Å². The molecule has 200 valence electrons. The number of rotatable bonds is 12. The summed E-state index contributed by atoms with van der Waals surface area (Å²) in [7, 11) is 0.251. The molecule has 0 amide bonds. The van der Waals surface area contributed by atoms with E-state index in [9.17, 15) is 13.5 Å². The Bertz CT molecular complexity index is 1100. The van der Waals surface area contributed by atoms with Crippen LogP contribution in [0.5, 0.6) is 0 Å². The third-order valence-electron chi connectivity index (χ3n) is 7.39. The van der Waals surface area contributed by atoms with Crippen molar-refractivity contribution >= 4 is 21.2 Å². The summed E-state index contributed by atoms with van der Waals surface area (Å²) in [6.07, 6.45) is 2.19. The lowest BCUT2D eigenvalue weighted by molar-refractivity contribution is 0.0174. The molecule has 36 heavy (non-hydrogen) atoms. The number of hydrogen-bond donors (Lipinski definition) is 3. The van der Waals surface area contributed by atoms with Crippen LogP contribution in [0.2, 0.25) is 0 Å². The number of hydrogen-bond acceptors (Lipinski definition) is 7. The highest BCUT2D eigenvalue weighted by atomic mass is 32.2. The lowest BCUT2D eigenvalue weighted by atomic mass is 9.69. The van der Waals surface area contributed by atoms with Crippen molar-refractivity contribution in [3.63, 3.8) is 0 Å². The Hall–Kier alpha value is -2.13. The van der Waals surface area contributed by atoms with Crippen LogP contribution in [0.1, 0.15) is 56.6 Å². The van der Waals surface area contributed by atoms with Crippen molar-refractivity contribution in [1.29, 1.82) is 0 Å². The van der Waals surface area contributed by atoms with E-state index in [1.54, 1.807) is 6.07 Å². The van der Waals surface area contributed by atoms with Crippen molar-refractivity contribution < 1.29 is 23.4 Å². The van der Waals surface area contributed by atoms with Gasteiger partial charge in [0, 0.05) is 43.3 Å². The van der Waals surface area contributed by atoms with Crippen LogP contribution in [0.15, 0.2) is 47.4 Å². The number of ether oxygens (including phenoxy) is 1. The van der Waals surface area contributed by atoms with Crippen molar-refractivity contribution in [2.24, 2.45) is 5.41 Å². The summed E-state index contributed by atoms with van der Waals surface area (Å²) in [5.74, 6) is -0.538. The van der Waals surface area contributed by atoms with Gasteiger partial charge < -0.3 is 25.2 Å². The highest BCUT2D eigenvalue weighted by Crippen LogP contribution is 2.49. The molecule has 3 rings (SSSR count). The first-order chi connectivity index (χ1) is 17.2. The molecule has 0 aliphatic carbocycles. The minimum atomic E-state index is -3.61. The van der Waals surface area contributed by atoms with Crippen molar-refractivity contribution in [2.45, 2.75) is 56.4 Å². The SMILES string of the molecule is CCCCC1(CC)CS(=O)(=O)c2ccc(N(C)C)cc2C(c2cccc(NCCOCCO)c2)C1O. The molecule has 0 radical (unpaired) electrons. The van der Waals surface area contributed by atoms with E-state index in [1.165, 1.54) is 0 Å². The number of aliphatic hydroxyl groups is 2. The molecule has 0 fully saturated rings. The van der Waals surface area contributed by atoms with E-state index < -0.39 is 27.3 Å². The van der Waals surface area contributed by atoms with Gasteiger partial charge in [0.2, 0.25) is 0 Å². The highest BCUT2D eigenvalue weighted by molar-refractivity contribution is 7.91. The minimum Gasteiger partial charge on any atom is -0.394 e. The van der Waals surface area contributed by atoms with E-state index in [-0.39, 0.29) is 12.4 Å². The Labute approximate surface area is 216 Å². The van der Waals surface area contributed by atoms with Gasteiger partial charge in [-0.2, -0.15) is 0 Å². The fraction of sp³-hybridized carbons (Fsp3) is 0.571. The second kappa shape index (κ2) is 12.4. The van der Waals surface area contributed by atoms with Crippen LogP contribution < -0.4 is 10.2 Å². The third kappa shape index (κ3) is 6.22. The van der Waals surface area contributed by atoms with Gasteiger partial charge in [-0.1, -0.05) is 38.8 Å². The number of unbranched alkanes of at least 4 members (excludes halogenated alkanes) is 1. The fourth-order valence-electron chi connectivity index (χ4n) is 5.28. The maximum absolute atomic E-state index is 13.8. The molecule has 0 bridgehead atoms. The molecule has 3 N–H and O–H groups in total. The number of fused-ring (bicyclic) bond motifs is 1. The Morgan fingerprint density at radius 1 is 1.14 bits per heavy atom. The molecule has 0 aromatic heterocycles. The molecule has 3 unspecified atom stereocenters. The Kier molecular flexibility index (Phi) is 9.80. The number of benzene rings is 2. The van der Waals surface area contributed by atoms with Crippen LogP contribution in [0, 0.1) is 5.41 Å². The number of anilines is 2. The second-order valence-corrected chi connectivity index (χ2v) is 12.0. The third-order valence-corrected chi connectivity index (χ3v) is 9.39. The normalized spacial score (nSPS) is 23.1. The minimum absolute atomic E-state index is 0.0104. The summed E-state index contributed by atoms with van der Waals surface area (Å²) in [6.45, 7) is 5.41. The molecule has 0 saturated heterocycles. The second-order valence-electron chi connectivity index (χ2n) is 10.0. The van der Waals surface area contributed by atoms with Gasteiger partial charge in [0.15, 0.2) is 9.84 Å². The Balaban J connectivity index is 2.13. The Morgan fingerprint density at radius 2 is 1.92 bits per heavy atom. The first-order valence-electron chi connectivity index (χ1n) is 12.9. The van der Waals surface area contributed by atoms with Crippen LogP contribution in [0.4, 0.5) is 11.4 Å². The number of aliphatic hydroxyl groups excluding tert-OH is 2. The summed E-state index contributed by atoms with van der Waals surface area (Å²) in [4.78, 5) is 2.27. The predicted octanol–water partition coefficient (Wildman–Crippen LogP) is 4.04. The number of sulfone groups is 1. The molecule has 1 aliphatic rings. The summed E-state index contributed by atoms with van der Waals surface area (Å²) in [5.41, 5.74) is 2.57. The van der Waals surface area contributed by atoms with Gasteiger partial charge in [-0.3, -0.25) is 0 Å². The molecular weight excluding hydrogens is 476 g/mol. The molecule has 8 heteroatoms. The Morgan fingerprint density at radius 3 is 2.58 bits per heavy atom. The molecule has 0 saturated carbocycles. The lowest BCUT2D eigenvalue weighted by Crippen LogP contribution is -2.42. The van der Waals surface area contributed by atoms with E-state index in [0.29, 0.717) is 43.1 Å². The molecule has 1 heterocycles. The van der Waals surface area contributed by atoms with Crippen molar-refractivity contribution in [3.05, 3.63) is 53.6 Å². The van der Waals surface area contributed by atoms with Crippen LogP contribution in [-0.2, 0) is 14.6 Å². The van der Waals surface area contributed by atoms with E-state index in [4.69, 9.17) is 9.84 Å².